The van der Waals surface area contributed by atoms with E-state index in [2.05, 4.69) is 0 Å². The number of aromatic nitrogens is 1. The van der Waals surface area contributed by atoms with E-state index in [0.29, 0.717) is 25.3 Å². The van der Waals surface area contributed by atoms with Gasteiger partial charge < -0.3 is 19.9 Å². The lowest BCUT2D eigenvalue weighted by atomic mass is 10.1. The van der Waals surface area contributed by atoms with Crippen LogP contribution in [0.4, 0.5) is 10.1 Å². The lowest BCUT2D eigenvalue weighted by Crippen LogP contribution is -2.42. The molecule has 2 aromatic rings. The Bertz CT molecular complexity index is 929. The van der Waals surface area contributed by atoms with Gasteiger partial charge >= 0.3 is 0 Å². The molecule has 8 heteroatoms. The number of nitrogens with zero attached hydrogens (tertiary/aromatic N) is 2. The van der Waals surface area contributed by atoms with E-state index in [1.54, 1.807) is 15.5 Å². The Hall–Kier alpha value is -2.54. The Balaban J connectivity index is 1.91. The fourth-order valence-corrected chi connectivity index (χ4v) is 3.20. The Morgan fingerprint density at radius 1 is 1.30 bits per heavy atom. The minimum atomic E-state index is -0.510. The van der Waals surface area contributed by atoms with Gasteiger partial charge in [-0.05, 0) is 24.1 Å². The van der Waals surface area contributed by atoms with Crippen molar-refractivity contribution < 1.29 is 13.9 Å². The van der Waals surface area contributed by atoms with Crippen molar-refractivity contribution in [3.05, 3.63) is 56.7 Å². The summed E-state index contributed by atoms with van der Waals surface area (Å²) in [5, 5.41) is 0.00457. The molecule has 0 radical (unpaired) electrons. The second-order valence-corrected chi connectivity index (χ2v) is 6.87. The number of carbonyl (C=O) groups excluding carboxylic acids is 1. The summed E-state index contributed by atoms with van der Waals surface area (Å²) >= 11 is 5.83. The molecule has 2 N–H and O–H groups in total. The van der Waals surface area contributed by atoms with E-state index in [4.69, 9.17) is 22.1 Å². The summed E-state index contributed by atoms with van der Waals surface area (Å²) in [7, 11) is 0. The fourth-order valence-electron chi connectivity index (χ4n) is 3.00. The van der Waals surface area contributed by atoms with Crippen LogP contribution in [-0.4, -0.2) is 28.5 Å². The average Bonchev–Trinajstić information content (AvgIpc) is 2.64. The van der Waals surface area contributed by atoms with Gasteiger partial charge in [-0.15, -0.1) is 0 Å². The summed E-state index contributed by atoms with van der Waals surface area (Å²) in [6.07, 6.45) is 3.14. The molecule has 144 valence electrons. The summed E-state index contributed by atoms with van der Waals surface area (Å²) in [5.74, 6) is -0.843. The van der Waals surface area contributed by atoms with Gasteiger partial charge in [-0.1, -0.05) is 31.0 Å². The first kappa shape index (κ1) is 19.2. The van der Waals surface area contributed by atoms with Crippen molar-refractivity contribution >= 4 is 23.2 Å². The Labute approximate surface area is 161 Å². The number of fused-ring (bicyclic) bond motifs is 1. The largest absolute Gasteiger partial charge is 0.487 e. The second kappa shape index (κ2) is 8.00. The van der Waals surface area contributed by atoms with Gasteiger partial charge in [0.25, 0.3) is 5.91 Å². The molecule has 2 heterocycles. The third-order valence-electron chi connectivity index (χ3n) is 4.47. The highest BCUT2D eigenvalue weighted by molar-refractivity contribution is 6.30. The maximum absolute atomic E-state index is 13.4. The van der Waals surface area contributed by atoms with Crippen molar-refractivity contribution in [1.82, 2.24) is 9.47 Å². The molecule has 0 aliphatic carbocycles. The van der Waals surface area contributed by atoms with Gasteiger partial charge in [0.1, 0.15) is 11.5 Å². The number of hydrogen-bond acceptors (Lipinski definition) is 4. The van der Waals surface area contributed by atoms with Crippen LogP contribution in [0.5, 0.6) is 5.75 Å². The predicted octanol–water partition coefficient (Wildman–Crippen LogP) is 3.06. The van der Waals surface area contributed by atoms with Crippen LogP contribution in [0.2, 0.25) is 5.02 Å². The number of halogens is 2. The number of rotatable bonds is 6. The molecule has 1 aliphatic rings. The number of anilines is 1. The van der Waals surface area contributed by atoms with Gasteiger partial charge in [-0.25, -0.2) is 4.39 Å². The van der Waals surface area contributed by atoms with Crippen LogP contribution in [0.1, 0.15) is 35.8 Å². The van der Waals surface area contributed by atoms with E-state index in [0.717, 1.165) is 12.8 Å². The predicted molar refractivity (Wildman–Crippen MR) is 102 cm³/mol. The van der Waals surface area contributed by atoms with Crippen LogP contribution in [0.3, 0.4) is 0 Å². The number of pyridine rings is 1. The summed E-state index contributed by atoms with van der Waals surface area (Å²) < 4.78 is 20.6. The Morgan fingerprint density at radius 2 is 2.07 bits per heavy atom. The maximum atomic E-state index is 13.4. The highest BCUT2D eigenvalue weighted by atomic mass is 35.5. The molecule has 1 aromatic carbocycles. The first-order chi connectivity index (χ1) is 12.9. The van der Waals surface area contributed by atoms with Crippen LogP contribution in [0.15, 0.2) is 29.2 Å². The number of ether oxygens (including phenoxy) is 1. The minimum Gasteiger partial charge on any atom is -0.487 e. The molecule has 6 nitrogen and oxygen atoms in total. The lowest BCUT2D eigenvalue weighted by Gasteiger charge is -2.31. The molecule has 27 heavy (non-hydrogen) atoms. The molecule has 1 aromatic heterocycles. The summed E-state index contributed by atoms with van der Waals surface area (Å²) in [5.41, 5.74) is 6.27. The molecule has 0 saturated heterocycles. The topological polar surface area (TPSA) is 77.6 Å². The SMILES string of the molecule is CCCCOc1c2n(cc(N)c1=O)CCN(Cc1ccc(F)c(Cl)c1)C2=O. The van der Waals surface area contributed by atoms with Gasteiger partial charge in [0.05, 0.1) is 11.6 Å². The number of nitrogen functional groups attached to an aromatic ring is 1. The summed E-state index contributed by atoms with van der Waals surface area (Å²) in [6.45, 7) is 3.50. The van der Waals surface area contributed by atoms with Crippen LogP contribution in [0, 0.1) is 5.82 Å². The molecule has 0 unspecified atom stereocenters. The number of nitrogens with two attached hydrogens (primary N) is 1. The van der Waals surface area contributed by atoms with Crippen molar-refractivity contribution in [3.8, 4) is 5.75 Å². The van der Waals surface area contributed by atoms with E-state index in [1.807, 2.05) is 6.92 Å². The van der Waals surface area contributed by atoms with Gasteiger partial charge in [-0.3, -0.25) is 9.59 Å². The molecule has 1 aliphatic heterocycles. The van der Waals surface area contributed by atoms with Gasteiger partial charge in [0, 0.05) is 25.8 Å². The minimum absolute atomic E-state index is 0.00436. The quantitative estimate of drug-likeness (QED) is 0.765. The Kier molecular flexibility index (Phi) is 5.70. The molecule has 1 amide bonds. The molecule has 0 spiro atoms. The van der Waals surface area contributed by atoms with Crippen LogP contribution < -0.4 is 15.9 Å². The molecule has 0 bridgehead atoms. The number of carbonyl (C=O) groups is 1. The van der Waals surface area contributed by atoms with E-state index in [1.165, 1.54) is 18.3 Å². The third kappa shape index (κ3) is 3.93. The van der Waals surface area contributed by atoms with E-state index in [9.17, 15) is 14.0 Å². The average molecular weight is 394 g/mol. The van der Waals surface area contributed by atoms with Crippen LogP contribution >= 0.6 is 11.6 Å². The van der Waals surface area contributed by atoms with Gasteiger partial charge in [0.2, 0.25) is 5.43 Å². The van der Waals surface area contributed by atoms with Crippen LogP contribution in [0.25, 0.3) is 0 Å². The van der Waals surface area contributed by atoms with Crippen molar-refractivity contribution in [1.29, 1.82) is 0 Å². The molecular formula is C19H21ClFN3O3. The first-order valence-electron chi connectivity index (χ1n) is 8.81. The third-order valence-corrected chi connectivity index (χ3v) is 4.76. The highest BCUT2D eigenvalue weighted by Gasteiger charge is 2.30. The van der Waals surface area contributed by atoms with Crippen molar-refractivity contribution in [2.24, 2.45) is 0 Å². The second-order valence-electron chi connectivity index (χ2n) is 6.46. The molecule has 3 rings (SSSR count). The number of unbranched alkanes of at least 4 members (excludes halogenated alkanes) is 1. The lowest BCUT2D eigenvalue weighted by molar-refractivity contribution is 0.0681. The van der Waals surface area contributed by atoms with Crippen molar-refractivity contribution in [3.63, 3.8) is 0 Å². The summed E-state index contributed by atoms with van der Waals surface area (Å²) in [6, 6.07) is 4.34. The molecule has 0 saturated carbocycles. The fraction of sp³-hybridized carbons (Fsp3) is 0.368. The first-order valence-corrected chi connectivity index (χ1v) is 9.19. The van der Waals surface area contributed by atoms with E-state index >= 15 is 0 Å². The smallest absolute Gasteiger partial charge is 0.274 e. The Morgan fingerprint density at radius 3 is 2.78 bits per heavy atom. The van der Waals surface area contributed by atoms with E-state index in [-0.39, 0.29) is 34.6 Å². The standard InChI is InChI=1S/C19H21ClFN3O3/c1-2-3-8-27-18-16-19(26)24(7-6-23(16)11-15(22)17(18)25)10-12-4-5-14(21)13(20)9-12/h4-5,9,11H,2-3,6-8,10,22H2,1H3. The van der Waals surface area contributed by atoms with Gasteiger partial charge in [-0.2, -0.15) is 0 Å². The highest BCUT2D eigenvalue weighted by Crippen LogP contribution is 2.24. The summed E-state index contributed by atoms with van der Waals surface area (Å²) in [4.78, 5) is 27.0. The number of benzene rings is 1. The molecule has 0 atom stereocenters. The monoisotopic (exact) mass is 393 g/mol. The number of amides is 1. The normalized spacial score (nSPS) is 13.6. The number of hydrogen-bond donors (Lipinski definition) is 1. The van der Waals surface area contributed by atoms with Crippen LogP contribution in [-0.2, 0) is 13.1 Å². The molecular weight excluding hydrogens is 373 g/mol. The molecule has 0 fully saturated rings. The zero-order chi connectivity index (χ0) is 19.6. The van der Waals surface area contributed by atoms with Crippen molar-refractivity contribution in [2.75, 3.05) is 18.9 Å². The van der Waals surface area contributed by atoms with Gasteiger partial charge in [0.15, 0.2) is 11.4 Å². The maximum Gasteiger partial charge on any atom is 0.274 e. The zero-order valence-corrected chi connectivity index (χ0v) is 15.8. The van der Waals surface area contributed by atoms with E-state index < -0.39 is 11.2 Å². The van der Waals surface area contributed by atoms with Crippen molar-refractivity contribution in [2.45, 2.75) is 32.9 Å². The zero-order valence-electron chi connectivity index (χ0n) is 15.0.